The van der Waals surface area contributed by atoms with Gasteiger partial charge in [0.05, 0.1) is 19.7 Å². The van der Waals surface area contributed by atoms with Crippen molar-refractivity contribution in [2.45, 2.75) is 72.8 Å². The molecule has 2 heteroatoms. The molecule has 0 spiro atoms. The van der Waals surface area contributed by atoms with Gasteiger partial charge in [-0.05, 0) is 31.6 Å². The third-order valence-electron chi connectivity index (χ3n) is 4.55. The number of hydrogen-bond acceptors (Lipinski definition) is 1. The molecule has 1 rings (SSSR count). The van der Waals surface area contributed by atoms with Gasteiger partial charge in [-0.15, -0.1) is 0 Å². The lowest BCUT2D eigenvalue weighted by molar-refractivity contribution is -0.950. The number of hydrogen-bond donors (Lipinski definition) is 0. The highest BCUT2D eigenvalue weighted by Crippen LogP contribution is 2.31. The molecule has 0 bridgehead atoms. The quantitative estimate of drug-likeness (QED) is 0.432. The average molecular weight is 321 g/mol. The minimum Gasteiger partial charge on any atom is -0.323 e. The SMILES string of the molecule is CC(C)CC(C)(CC(C)C)OC(C)[N+](C)(C)Cc1ccccc1. The van der Waals surface area contributed by atoms with Crippen molar-refractivity contribution in [2.75, 3.05) is 14.1 Å². The summed E-state index contributed by atoms with van der Waals surface area (Å²) in [4.78, 5) is 0. The van der Waals surface area contributed by atoms with Gasteiger partial charge in [0.2, 0.25) is 0 Å². The van der Waals surface area contributed by atoms with E-state index in [9.17, 15) is 0 Å². The summed E-state index contributed by atoms with van der Waals surface area (Å²) >= 11 is 0. The third kappa shape index (κ3) is 7.05. The molecule has 23 heavy (non-hydrogen) atoms. The Morgan fingerprint density at radius 3 is 1.83 bits per heavy atom. The Morgan fingerprint density at radius 1 is 0.913 bits per heavy atom. The van der Waals surface area contributed by atoms with Crippen molar-refractivity contribution in [1.29, 1.82) is 0 Å². The standard InChI is InChI=1S/C21H38NO/c1-17(2)14-21(6,15-18(3)4)23-19(5)22(7,8)16-20-12-10-9-11-13-20/h9-13,17-19H,14-16H2,1-8H3/q+1. The summed E-state index contributed by atoms with van der Waals surface area (Å²) in [5.41, 5.74) is 1.32. The molecule has 0 aromatic heterocycles. The van der Waals surface area contributed by atoms with Crippen LogP contribution in [0.5, 0.6) is 0 Å². The molecule has 1 aromatic rings. The number of benzene rings is 1. The summed E-state index contributed by atoms with van der Waals surface area (Å²) in [7, 11) is 4.53. The van der Waals surface area contributed by atoms with E-state index < -0.39 is 0 Å². The third-order valence-corrected chi connectivity index (χ3v) is 4.55. The van der Waals surface area contributed by atoms with Gasteiger partial charge in [-0.2, -0.15) is 0 Å². The van der Waals surface area contributed by atoms with Gasteiger partial charge in [-0.25, -0.2) is 0 Å². The zero-order chi connectivity index (χ0) is 17.7. The Kier molecular flexibility index (Phi) is 7.29. The summed E-state index contributed by atoms with van der Waals surface area (Å²) in [5, 5.41) is 0. The molecule has 0 aliphatic carbocycles. The molecule has 0 saturated heterocycles. The normalized spacial score (nSPS) is 14.5. The maximum absolute atomic E-state index is 6.67. The highest BCUT2D eigenvalue weighted by atomic mass is 16.5. The van der Waals surface area contributed by atoms with E-state index in [1.807, 2.05) is 0 Å². The molecular weight excluding hydrogens is 282 g/mol. The zero-order valence-corrected chi connectivity index (χ0v) is 16.6. The lowest BCUT2D eigenvalue weighted by Crippen LogP contribution is -2.52. The molecule has 0 aliphatic rings. The Bertz CT molecular complexity index is 440. The highest BCUT2D eigenvalue weighted by Gasteiger charge is 2.35. The van der Waals surface area contributed by atoms with Crippen LogP contribution in [0.1, 0.15) is 59.9 Å². The largest absolute Gasteiger partial charge is 0.323 e. The van der Waals surface area contributed by atoms with Crippen molar-refractivity contribution in [3.8, 4) is 0 Å². The molecule has 1 atom stereocenters. The van der Waals surface area contributed by atoms with E-state index in [2.05, 4.69) is 86.0 Å². The predicted octanol–water partition coefficient (Wildman–Crippen LogP) is 5.48. The molecule has 2 nitrogen and oxygen atoms in total. The maximum Gasteiger partial charge on any atom is 0.190 e. The van der Waals surface area contributed by atoms with Crippen LogP contribution in [0.25, 0.3) is 0 Å². The summed E-state index contributed by atoms with van der Waals surface area (Å²) in [6.45, 7) is 14.7. The van der Waals surface area contributed by atoms with Gasteiger partial charge in [-0.3, -0.25) is 4.48 Å². The molecular formula is C21H38NO+. The lowest BCUT2D eigenvalue weighted by Gasteiger charge is -2.42. The Hall–Kier alpha value is -0.860. The van der Waals surface area contributed by atoms with Crippen LogP contribution in [0.4, 0.5) is 0 Å². The van der Waals surface area contributed by atoms with Gasteiger partial charge in [0.15, 0.2) is 6.23 Å². The van der Waals surface area contributed by atoms with Crippen LogP contribution in [0.3, 0.4) is 0 Å². The van der Waals surface area contributed by atoms with Gasteiger partial charge in [0, 0.05) is 12.5 Å². The predicted molar refractivity (Wildman–Crippen MR) is 100 cm³/mol. The van der Waals surface area contributed by atoms with Crippen molar-refractivity contribution >= 4 is 0 Å². The number of ether oxygens (including phenoxy) is 1. The molecule has 132 valence electrons. The van der Waals surface area contributed by atoms with Crippen molar-refractivity contribution in [1.82, 2.24) is 0 Å². The summed E-state index contributed by atoms with van der Waals surface area (Å²) < 4.78 is 7.51. The van der Waals surface area contributed by atoms with E-state index in [4.69, 9.17) is 4.74 Å². The van der Waals surface area contributed by atoms with Crippen LogP contribution < -0.4 is 0 Å². The second kappa shape index (κ2) is 8.30. The number of nitrogens with zero attached hydrogens (tertiary/aromatic N) is 1. The fourth-order valence-electron chi connectivity index (χ4n) is 3.64. The minimum absolute atomic E-state index is 0.0477. The molecule has 0 heterocycles. The smallest absolute Gasteiger partial charge is 0.190 e. The first kappa shape index (κ1) is 20.2. The van der Waals surface area contributed by atoms with Crippen LogP contribution in [0.2, 0.25) is 0 Å². The Balaban J connectivity index is 2.81. The molecule has 0 amide bonds. The average Bonchev–Trinajstić information content (AvgIpc) is 2.36. The van der Waals surface area contributed by atoms with Crippen LogP contribution >= 0.6 is 0 Å². The van der Waals surface area contributed by atoms with E-state index in [0.717, 1.165) is 23.9 Å². The first-order valence-corrected chi connectivity index (χ1v) is 9.08. The fraction of sp³-hybridized carbons (Fsp3) is 0.714. The van der Waals surface area contributed by atoms with Crippen molar-refractivity contribution < 1.29 is 9.22 Å². The van der Waals surface area contributed by atoms with Crippen molar-refractivity contribution in [3.05, 3.63) is 35.9 Å². The van der Waals surface area contributed by atoms with E-state index in [-0.39, 0.29) is 11.8 Å². The molecule has 1 aromatic carbocycles. The van der Waals surface area contributed by atoms with Gasteiger partial charge in [0.25, 0.3) is 0 Å². The molecule has 0 aliphatic heterocycles. The van der Waals surface area contributed by atoms with Gasteiger partial charge in [-0.1, -0.05) is 58.0 Å². The Morgan fingerprint density at radius 2 is 1.39 bits per heavy atom. The van der Waals surface area contributed by atoms with E-state index >= 15 is 0 Å². The van der Waals surface area contributed by atoms with Crippen molar-refractivity contribution in [2.24, 2.45) is 11.8 Å². The summed E-state index contributed by atoms with van der Waals surface area (Å²) in [6, 6.07) is 10.7. The highest BCUT2D eigenvalue weighted by molar-refractivity contribution is 5.13. The van der Waals surface area contributed by atoms with E-state index in [1.54, 1.807) is 0 Å². The Labute approximate surface area is 144 Å². The van der Waals surface area contributed by atoms with Crippen LogP contribution in [-0.2, 0) is 11.3 Å². The topological polar surface area (TPSA) is 9.23 Å². The summed E-state index contributed by atoms with van der Waals surface area (Å²) in [6.07, 6.45) is 2.39. The minimum atomic E-state index is -0.0477. The second-order valence-corrected chi connectivity index (χ2v) is 8.79. The van der Waals surface area contributed by atoms with Crippen LogP contribution in [0.15, 0.2) is 30.3 Å². The van der Waals surface area contributed by atoms with Gasteiger partial charge < -0.3 is 4.74 Å². The molecule has 0 radical (unpaired) electrons. The molecule has 0 fully saturated rings. The van der Waals surface area contributed by atoms with E-state index in [1.165, 1.54) is 5.56 Å². The van der Waals surface area contributed by atoms with Crippen molar-refractivity contribution in [3.63, 3.8) is 0 Å². The van der Waals surface area contributed by atoms with E-state index in [0.29, 0.717) is 11.8 Å². The van der Waals surface area contributed by atoms with Gasteiger partial charge in [0.1, 0.15) is 6.54 Å². The van der Waals surface area contributed by atoms with Crippen LogP contribution in [0, 0.1) is 11.8 Å². The first-order chi connectivity index (χ1) is 10.5. The first-order valence-electron chi connectivity index (χ1n) is 9.08. The summed E-state index contributed by atoms with van der Waals surface area (Å²) in [5.74, 6) is 1.30. The molecule has 0 saturated carbocycles. The number of rotatable bonds is 9. The zero-order valence-electron chi connectivity index (χ0n) is 16.6. The molecule has 1 unspecified atom stereocenters. The number of quaternary nitrogens is 1. The van der Waals surface area contributed by atoms with Crippen LogP contribution in [-0.4, -0.2) is 30.4 Å². The maximum atomic E-state index is 6.67. The second-order valence-electron chi connectivity index (χ2n) is 8.79. The molecule has 0 N–H and O–H groups in total. The fourth-order valence-corrected chi connectivity index (χ4v) is 3.64. The lowest BCUT2D eigenvalue weighted by atomic mass is 9.86. The monoisotopic (exact) mass is 320 g/mol. The van der Waals surface area contributed by atoms with Gasteiger partial charge >= 0.3 is 0 Å².